The minimum Gasteiger partial charge on any atom is -0.457 e. The number of nitrogens with zero attached hydrogens (tertiary/aromatic N) is 1. The highest BCUT2D eigenvalue weighted by molar-refractivity contribution is 8.26. The molecule has 0 aliphatic carbocycles. The summed E-state index contributed by atoms with van der Waals surface area (Å²) in [4.78, 5) is 15.3. The van der Waals surface area contributed by atoms with Crippen LogP contribution in [0.1, 0.15) is 18.4 Å². The SMILES string of the molecule is O=C1C(=Cc2ccc(Oc3ccccc3)cc2)SC(=S)N1CC1CCNCC1. The Balaban J connectivity index is 1.42. The molecule has 2 aromatic rings. The van der Waals surface area contributed by atoms with E-state index < -0.39 is 0 Å². The number of hydrogen-bond donors (Lipinski definition) is 1. The zero-order chi connectivity index (χ0) is 19.3. The molecule has 0 unspecified atom stereocenters. The molecule has 0 radical (unpaired) electrons. The number of hydrogen-bond acceptors (Lipinski definition) is 5. The molecule has 144 valence electrons. The van der Waals surface area contributed by atoms with Gasteiger partial charge in [-0.25, -0.2) is 0 Å². The summed E-state index contributed by atoms with van der Waals surface area (Å²) in [5.41, 5.74) is 0.961. The largest absolute Gasteiger partial charge is 0.457 e. The van der Waals surface area contributed by atoms with Gasteiger partial charge < -0.3 is 10.1 Å². The van der Waals surface area contributed by atoms with Gasteiger partial charge in [-0.15, -0.1) is 0 Å². The fourth-order valence-electron chi connectivity index (χ4n) is 3.39. The minimum atomic E-state index is 0.0261. The third-order valence-corrected chi connectivity index (χ3v) is 6.31. The number of carbonyl (C=O) groups excluding carboxylic acids is 1. The topological polar surface area (TPSA) is 41.6 Å². The van der Waals surface area contributed by atoms with E-state index in [0.717, 1.165) is 49.5 Å². The van der Waals surface area contributed by atoms with Gasteiger partial charge in [-0.1, -0.05) is 54.3 Å². The van der Waals surface area contributed by atoms with Gasteiger partial charge in [0.05, 0.1) is 4.91 Å². The molecule has 28 heavy (non-hydrogen) atoms. The van der Waals surface area contributed by atoms with Crippen molar-refractivity contribution in [1.29, 1.82) is 0 Å². The number of amides is 1. The van der Waals surface area contributed by atoms with E-state index in [1.54, 1.807) is 4.90 Å². The van der Waals surface area contributed by atoms with E-state index in [0.29, 0.717) is 15.1 Å². The Morgan fingerprint density at radius 1 is 1.07 bits per heavy atom. The maximum atomic E-state index is 12.8. The quantitative estimate of drug-likeness (QED) is 0.573. The Hall–Kier alpha value is -2.15. The second-order valence-electron chi connectivity index (χ2n) is 6.97. The van der Waals surface area contributed by atoms with Crippen LogP contribution in [0.3, 0.4) is 0 Å². The number of piperidine rings is 1. The van der Waals surface area contributed by atoms with E-state index in [2.05, 4.69) is 5.32 Å². The van der Waals surface area contributed by atoms with Gasteiger partial charge in [0.2, 0.25) is 0 Å². The molecule has 0 atom stereocenters. The van der Waals surface area contributed by atoms with Crippen LogP contribution < -0.4 is 10.1 Å². The highest BCUT2D eigenvalue weighted by Gasteiger charge is 2.33. The molecule has 2 heterocycles. The van der Waals surface area contributed by atoms with Crippen molar-refractivity contribution in [3.05, 3.63) is 65.1 Å². The maximum Gasteiger partial charge on any atom is 0.266 e. The van der Waals surface area contributed by atoms with Gasteiger partial charge in [0.25, 0.3) is 5.91 Å². The van der Waals surface area contributed by atoms with Gasteiger partial charge in [0.15, 0.2) is 0 Å². The second kappa shape index (κ2) is 8.90. The van der Waals surface area contributed by atoms with Crippen LogP contribution in [0.5, 0.6) is 11.5 Å². The summed E-state index contributed by atoms with van der Waals surface area (Å²) in [5, 5.41) is 3.36. The predicted octanol–water partition coefficient (Wildman–Crippen LogP) is 4.68. The number of thioether (sulfide) groups is 1. The normalized spacial score (nSPS) is 19.4. The molecule has 2 aliphatic rings. The summed E-state index contributed by atoms with van der Waals surface area (Å²) in [6, 6.07) is 17.4. The van der Waals surface area contributed by atoms with Crippen LogP contribution in [0.25, 0.3) is 6.08 Å². The number of nitrogens with one attached hydrogen (secondary N) is 1. The van der Waals surface area contributed by atoms with E-state index in [1.165, 1.54) is 11.8 Å². The fourth-order valence-corrected chi connectivity index (χ4v) is 4.66. The highest BCUT2D eigenvalue weighted by Crippen LogP contribution is 2.34. The monoisotopic (exact) mass is 410 g/mol. The van der Waals surface area contributed by atoms with Crippen molar-refractivity contribution in [2.45, 2.75) is 12.8 Å². The number of carbonyl (C=O) groups is 1. The van der Waals surface area contributed by atoms with E-state index in [9.17, 15) is 4.79 Å². The van der Waals surface area contributed by atoms with Crippen molar-refractivity contribution in [2.24, 2.45) is 5.92 Å². The van der Waals surface area contributed by atoms with Crippen molar-refractivity contribution in [1.82, 2.24) is 10.2 Å². The molecule has 0 saturated carbocycles. The number of para-hydroxylation sites is 1. The Morgan fingerprint density at radius 3 is 2.46 bits per heavy atom. The molecule has 1 N–H and O–H groups in total. The van der Waals surface area contributed by atoms with E-state index in [4.69, 9.17) is 17.0 Å². The number of benzene rings is 2. The zero-order valence-corrected chi connectivity index (χ0v) is 17.1. The first kappa shape index (κ1) is 19.2. The third kappa shape index (κ3) is 4.63. The van der Waals surface area contributed by atoms with Crippen molar-refractivity contribution in [2.75, 3.05) is 19.6 Å². The van der Waals surface area contributed by atoms with E-state index in [-0.39, 0.29) is 5.91 Å². The highest BCUT2D eigenvalue weighted by atomic mass is 32.2. The number of thiocarbonyl (C=S) groups is 1. The van der Waals surface area contributed by atoms with Crippen molar-refractivity contribution < 1.29 is 9.53 Å². The lowest BCUT2D eigenvalue weighted by Crippen LogP contribution is -2.38. The minimum absolute atomic E-state index is 0.0261. The molecule has 4 rings (SSSR count). The van der Waals surface area contributed by atoms with Crippen LogP contribution in [0.15, 0.2) is 59.5 Å². The van der Waals surface area contributed by atoms with Gasteiger partial charge in [-0.05, 0) is 67.8 Å². The van der Waals surface area contributed by atoms with Gasteiger partial charge in [-0.2, -0.15) is 0 Å². The average Bonchev–Trinajstić information content (AvgIpc) is 2.98. The van der Waals surface area contributed by atoms with E-state index >= 15 is 0 Å². The Labute approximate surface area is 175 Å². The van der Waals surface area contributed by atoms with Gasteiger partial charge >= 0.3 is 0 Å². The zero-order valence-electron chi connectivity index (χ0n) is 15.5. The Bertz CT molecular complexity index is 875. The number of ether oxygens (including phenoxy) is 1. The van der Waals surface area contributed by atoms with Crippen molar-refractivity contribution in [3.8, 4) is 11.5 Å². The van der Waals surface area contributed by atoms with Gasteiger partial charge in [0.1, 0.15) is 15.8 Å². The first-order valence-electron chi connectivity index (χ1n) is 9.48. The number of rotatable bonds is 5. The fraction of sp³-hybridized carbons (Fsp3) is 0.273. The van der Waals surface area contributed by atoms with Gasteiger partial charge in [-0.3, -0.25) is 9.69 Å². The van der Waals surface area contributed by atoms with Crippen LogP contribution in [-0.2, 0) is 4.79 Å². The lowest BCUT2D eigenvalue weighted by atomic mass is 9.98. The van der Waals surface area contributed by atoms with Crippen LogP contribution in [-0.4, -0.2) is 34.8 Å². The first-order chi connectivity index (χ1) is 13.7. The van der Waals surface area contributed by atoms with Crippen LogP contribution >= 0.6 is 24.0 Å². The third-order valence-electron chi connectivity index (χ3n) is 4.93. The molecular weight excluding hydrogens is 388 g/mol. The molecular formula is C22H22N2O2S2. The summed E-state index contributed by atoms with van der Waals surface area (Å²) in [7, 11) is 0. The molecule has 4 nitrogen and oxygen atoms in total. The van der Waals surface area contributed by atoms with Crippen molar-refractivity contribution in [3.63, 3.8) is 0 Å². The average molecular weight is 411 g/mol. The second-order valence-corrected chi connectivity index (χ2v) is 8.65. The summed E-state index contributed by atoms with van der Waals surface area (Å²) in [6.45, 7) is 2.77. The predicted molar refractivity (Wildman–Crippen MR) is 118 cm³/mol. The summed E-state index contributed by atoms with van der Waals surface area (Å²) in [5.74, 6) is 2.12. The molecule has 0 spiro atoms. The lowest BCUT2D eigenvalue weighted by molar-refractivity contribution is -0.122. The van der Waals surface area contributed by atoms with E-state index in [1.807, 2.05) is 60.7 Å². The molecule has 1 amide bonds. The van der Waals surface area contributed by atoms with Crippen LogP contribution in [0.2, 0.25) is 0 Å². The standard InChI is InChI=1S/C22H22N2O2S2/c25-21-20(28-22(27)24(21)15-17-10-12-23-13-11-17)14-16-6-8-19(9-7-16)26-18-4-2-1-3-5-18/h1-9,14,17,23H,10-13,15H2. The smallest absolute Gasteiger partial charge is 0.266 e. The molecule has 2 aromatic carbocycles. The first-order valence-corrected chi connectivity index (χ1v) is 10.7. The lowest BCUT2D eigenvalue weighted by Gasteiger charge is -2.26. The maximum absolute atomic E-state index is 12.8. The molecule has 2 saturated heterocycles. The molecule has 6 heteroatoms. The summed E-state index contributed by atoms with van der Waals surface area (Å²) in [6.07, 6.45) is 4.10. The Morgan fingerprint density at radius 2 is 1.75 bits per heavy atom. The van der Waals surface area contributed by atoms with Gasteiger partial charge in [0, 0.05) is 6.54 Å². The molecule has 0 bridgehead atoms. The summed E-state index contributed by atoms with van der Waals surface area (Å²) >= 11 is 6.86. The molecule has 2 aliphatic heterocycles. The molecule has 0 aromatic heterocycles. The van der Waals surface area contributed by atoms with Crippen LogP contribution in [0.4, 0.5) is 0 Å². The van der Waals surface area contributed by atoms with Crippen LogP contribution in [0, 0.1) is 5.92 Å². The summed E-state index contributed by atoms with van der Waals surface area (Å²) < 4.78 is 6.48. The van der Waals surface area contributed by atoms with Crippen molar-refractivity contribution >= 4 is 40.3 Å². The molecule has 2 fully saturated rings. The Kier molecular flexibility index (Phi) is 6.10.